The van der Waals surface area contributed by atoms with Crippen molar-refractivity contribution in [1.82, 2.24) is 10.6 Å². The van der Waals surface area contributed by atoms with Gasteiger partial charge in [0.1, 0.15) is 18.7 Å². The van der Waals surface area contributed by atoms with Gasteiger partial charge in [-0.1, -0.05) is 50.3 Å². The van der Waals surface area contributed by atoms with E-state index in [0.29, 0.717) is 12.8 Å². The average molecular weight is 376 g/mol. The van der Waals surface area contributed by atoms with Crippen LogP contribution in [0.1, 0.15) is 38.7 Å². The van der Waals surface area contributed by atoms with Crippen LogP contribution in [0.2, 0.25) is 0 Å². The summed E-state index contributed by atoms with van der Waals surface area (Å²) in [5.41, 5.74) is 0.827. The fraction of sp³-hybridized carbons (Fsp3) is 0.450. The molecule has 148 valence electrons. The summed E-state index contributed by atoms with van der Waals surface area (Å²) in [6.45, 7) is 7.45. The number of aliphatic carboxylic acids is 1. The number of allylic oxidation sites excluding steroid dienone is 1. The quantitative estimate of drug-likeness (QED) is 0.515. The van der Waals surface area contributed by atoms with Crippen molar-refractivity contribution in [1.29, 1.82) is 0 Å². The molecule has 1 aromatic rings. The Balaban J connectivity index is 2.66. The summed E-state index contributed by atoms with van der Waals surface area (Å²) in [4.78, 5) is 35.9. The smallest absolute Gasteiger partial charge is 0.408 e. The zero-order valence-corrected chi connectivity index (χ0v) is 15.8. The maximum atomic E-state index is 12.5. The number of carboxylic acids is 1. The van der Waals surface area contributed by atoms with Crippen molar-refractivity contribution in [3.05, 3.63) is 48.6 Å². The predicted octanol–water partition coefficient (Wildman–Crippen LogP) is 2.86. The van der Waals surface area contributed by atoms with E-state index in [0.717, 1.165) is 5.56 Å². The summed E-state index contributed by atoms with van der Waals surface area (Å²) in [7, 11) is 0. The van der Waals surface area contributed by atoms with Crippen LogP contribution in [0.5, 0.6) is 0 Å². The van der Waals surface area contributed by atoms with Gasteiger partial charge < -0.3 is 20.5 Å². The molecule has 2 atom stereocenters. The van der Waals surface area contributed by atoms with E-state index in [1.807, 2.05) is 44.2 Å². The second-order valence-corrected chi connectivity index (χ2v) is 6.65. The first-order chi connectivity index (χ1) is 12.8. The monoisotopic (exact) mass is 376 g/mol. The van der Waals surface area contributed by atoms with E-state index in [9.17, 15) is 19.5 Å². The fourth-order valence-electron chi connectivity index (χ4n) is 2.42. The lowest BCUT2D eigenvalue weighted by molar-refractivity contribution is -0.142. The molecule has 3 N–H and O–H groups in total. The number of amides is 2. The van der Waals surface area contributed by atoms with E-state index in [4.69, 9.17) is 4.74 Å². The molecule has 0 saturated heterocycles. The average Bonchev–Trinajstić information content (AvgIpc) is 2.63. The van der Waals surface area contributed by atoms with Gasteiger partial charge >= 0.3 is 12.1 Å². The lowest BCUT2D eigenvalue weighted by atomic mass is 10.0. The van der Waals surface area contributed by atoms with E-state index in [1.165, 1.54) is 0 Å². The SMILES string of the molecule is C=CCC[C@H](NC(=O)[C@H](CC(C)C)NC(=O)OCc1ccccc1)C(=O)O. The van der Waals surface area contributed by atoms with Crippen LogP contribution in [0, 0.1) is 5.92 Å². The number of ether oxygens (including phenoxy) is 1. The van der Waals surface area contributed by atoms with Gasteiger partial charge in [0, 0.05) is 0 Å². The second-order valence-electron chi connectivity index (χ2n) is 6.65. The highest BCUT2D eigenvalue weighted by Crippen LogP contribution is 2.08. The van der Waals surface area contributed by atoms with Gasteiger partial charge in [-0.05, 0) is 30.7 Å². The Bertz CT molecular complexity index is 631. The number of alkyl carbamates (subject to hydrolysis) is 1. The molecule has 2 amide bonds. The maximum absolute atomic E-state index is 12.5. The highest BCUT2D eigenvalue weighted by atomic mass is 16.5. The molecule has 0 aliphatic heterocycles. The lowest BCUT2D eigenvalue weighted by Crippen LogP contribution is -2.52. The van der Waals surface area contributed by atoms with Gasteiger partial charge in [-0.15, -0.1) is 6.58 Å². The van der Waals surface area contributed by atoms with Crippen molar-refractivity contribution >= 4 is 18.0 Å². The van der Waals surface area contributed by atoms with Gasteiger partial charge in [0.2, 0.25) is 5.91 Å². The molecule has 27 heavy (non-hydrogen) atoms. The van der Waals surface area contributed by atoms with Gasteiger partial charge in [-0.3, -0.25) is 4.79 Å². The molecule has 0 fully saturated rings. The molecule has 0 aromatic heterocycles. The van der Waals surface area contributed by atoms with Crippen LogP contribution >= 0.6 is 0 Å². The van der Waals surface area contributed by atoms with Gasteiger partial charge in [-0.2, -0.15) is 0 Å². The van der Waals surface area contributed by atoms with E-state index in [2.05, 4.69) is 17.2 Å². The molecule has 0 unspecified atom stereocenters. The van der Waals surface area contributed by atoms with Crippen LogP contribution in [-0.4, -0.2) is 35.2 Å². The fourth-order valence-corrected chi connectivity index (χ4v) is 2.42. The minimum absolute atomic E-state index is 0.0831. The van der Waals surface area contributed by atoms with Crippen LogP contribution < -0.4 is 10.6 Å². The lowest BCUT2D eigenvalue weighted by Gasteiger charge is -2.22. The molecule has 0 heterocycles. The van der Waals surface area contributed by atoms with Gasteiger partial charge in [0.15, 0.2) is 0 Å². The van der Waals surface area contributed by atoms with Crippen molar-refractivity contribution in [2.24, 2.45) is 5.92 Å². The Labute approximate surface area is 159 Å². The van der Waals surface area contributed by atoms with Crippen molar-refractivity contribution < 1.29 is 24.2 Å². The molecule has 0 spiro atoms. The summed E-state index contributed by atoms with van der Waals surface area (Å²) in [6.07, 6.45) is 1.92. The first kappa shape index (κ1) is 22.2. The van der Waals surface area contributed by atoms with Crippen molar-refractivity contribution in [3.8, 4) is 0 Å². The minimum Gasteiger partial charge on any atom is -0.480 e. The van der Waals surface area contributed by atoms with Gasteiger partial charge in [0.05, 0.1) is 0 Å². The van der Waals surface area contributed by atoms with Crippen LogP contribution in [0.3, 0.4) is 0 Å². The molecular weight excluding hydrogens is 348 g/mol. The van der Waals surface area contributed by atoms with Gasteiger partial charge in [0.25, 0.3) is 0 Å². The second kappa shape index (κ2) is 11.7. The Kier molecular flexibility index (Phi) is 9.64. The molecule has 0 saturated carbocycles. The van der Waals surface area contributed by atoms with Gasteiger partial charge in [-0.25, -0.2) is 9.59 Å². The minimum atomic E-state index is -1.12. The number of carbonyl (C=O) groups is 3. The molecule has 0 radical (unpaired) electrons. The Hall–Kier alpha value is -2.83. The molecule has 0 aliphatic rings. The molecule has 7 nitrogen and oxygen atoms in total. The number of hydrogen-bond acceptors (Lipinski definition) is 4. The molecular formula is C20H28N2O5. The Morgan fingerprint density at radius 2 is 1.81 bits per heavy atom. The summed E-state index contributed by atoms with van der Waals surface area (Å²) in [5, 5.41) is 14.3. The number of carboxylic acid groups (broad SMARTS) is 1. The maximum Gasteiger partial charge on any atom is 0.408 e. The van der Waals surface area contributed by atoms with Crippen LogP contribution in [0.15, 0.2) is 43.0 Å². The molecule has 1 aromatic carbocycles. The standard InChI is InChI=1S/C20H28N2O5/c1-4-5-11-16(19(24)25)21-18(23)17(12-14(2)3)22-20(26)27-13-15-9-7-6-8-10-15/h4,6-10,14,16-17H,1,5,11-13H2,2-3H3,(H,21,23)(H,22,26)(H,24,25)/t16-,17-/m0/s1. The highest BCUT2D eigenvalue weighted by molar-refractivity contribution is 5.89. The normalized spacial score (nSPS) is 12.7. The molecule has 0 aliphatic carbocycles. The number of benzene rings is 1. The Morgan fingerprint density at radius 3 is 2.37 bits per heavy atom. The Morgan fingerprint density at radius 1 is 1.15 bits per heavy atom. The zero-order valence-electron chi connectivity index (χ0n) is 15.8. The molecule has 0 bridgehead atoms. The van der Waals surface area contributed by atoms with Crippen LogP contribution in [-0.2, 0) is 20.9 Å². The zero-order chi connectivity index (χ0) is 20.2. The van der Waals surface area contributed by atoms with E-state index in [-0.39, 0.29) is 18.9 Å². The van der Waals surface area contributed by atoms with Crippen LogP contribution in [0.25, 0.3) is 0 Å². The van der Waals surface area contributed by atoms with E-state index in [1.54, 1.807) is 6.08 Å². The highest BCUT2D eigenvalue weighted by Gasteiger charge is 2.27. The topological polar surface area (TPSA) is 105 Å². The predicted molar refractivity (Wildman–Crippen MR) is 102 cm³/mol. The third kappa shape index (κ3) is 8.89. The molecule has 7 heteroatoms. The van der Waals surface area contributed by atoms with Crippen molar-refractivity contribution in [2.75, 3.05) is 0 Å². The third-order valence-corrected chi connectivity index (χ3v) is 3.80. The molecule has 1 rings (SSSR count). The van der Waals surface area contributed by atoms with Crippen LogP contribution in [0.4, 0.5) is 4.79 Å². The first-order valence-corrected chi connectivity index (χ1v) is 8.94. The largest absolute Gasteiger partial charge is 0.480 e. The van der Waals surface area contributed by atoms with E-state index < -0.39 is 30.1 Å². The number of rotatable bonds is 11. The summed E-state index contributed by atoms with van der Waals surface area (Å²) < 4.78 is 5.15. The number of nitrogens with one attached hydrogen (secondary N) is 2. The summed E-state index contributed by atoms with van der Waals surface area (Å²) >= 11 is 0. The van der Waals surface area contributed by atoms with Crippen molar-refractivity contribution in [3.63, 3.8) is 0 Å². The van der Waals surface area contributed by atoms with E-state index >= 15 is 0 Å². The number of carbonyl (C=O) groups excluding carboxylic acids is 2. The third-order valence-electron chi connectivity index (χ3n) is 3.80. The number of hydrogen-bond donors (Lipinski definition) is 3. The summed E-state index contributed by atoms with van der Waals surface area (Å²) in [6, 6.07) is 7.26. The summed E-state index contributed by atoms with van der Waals surface area (Å²) in [5.74, 6) is -1.55. The van der Waals surface area contributed by atoms with Crippen molar-refractivity contribution in [2.45, 2.75) is 51.8 Å². The first-order valence-electron chi connectivity index (χ1n) is 8.94.